The second-order valence-electron chi connectivity index (χ2n) is 6.01. The Bertz CT molecular complexity index is 553. The second kappa shape index (κ2) is 7.84. The predicted molar refractivity (Wildman–Crippen MR) is 88.9 cm³/mol. The molecule has 0 aliphatic rings. The summed E-state index contributed by atoms with van der Waals surface area (Å²) in [6, 6.07) is 4.44. The van der Waals surface area contributed by atoms with Crippen LogP contribution >= 0.6 is 23.2 Å². The van der Waals surface area contributed by atoms with Crippen molar-refractivity contribution >= 4 is 35.1 Å². The van der Waals surface area contributed by atoms with Crippen LogP contribution in [0.3, 0.4) is 0 Å². The average molecular weight is 346 g/mol. The van der Waals surface area contributed by atoms with Crippen molar-refractivity contribution in [2.75, 3.05) is 0 Å². The maximum Gasteiger partial charge on any atom is 0.407 e. The Morgan fingerprint density at radius 2 is 1.86 bits per heavy atom. The highest BCUT2D eigenvalue weighted by Crippen LogP contribution is 2.23. The molecule has 1 amide bonds. The molecule has 0 aliphatic carbocycles. The molecule has 0 bridgehead atoms. The minimum Gasteiger partial charge on any atom is -0.444 e. The highest BCUT2D eigenvalue weighted by molar-refractivity contribution is 6.42. The van der Waals surface area contributed by atoms with Crippen LogP contribution in [-0.4, -0.2) is 23.5 Å². The number of hydrogen-bond donors (Lipinski definition) is 1. The van der Waals surface area contributed by atoms with Gasteiger partial charge in [-0.05, 0) is 45.4 Å². The number of amides is 1. The van der Waals surface area contributed by atoms with Crippen molar-refractivity contribution in [3.63, 3.8) is 0 Å². The van der Waals surface area contributed by atoms with Crippen LogP contribution in [-0.2, 0) is 4.74 Å². The van der Waals surface area contributed by atoms with Crippen LogP contribution in [0, 0.1) is 0 Å². The lowest BCUT2D eigenvalue weighted by molar-refractivity contribution is 0.0500. The molecule has 0 spiro atoms. The first kappa shape index (κ1) is 18.8. The van der Waals surface area contributed by atoms with E-state index in [-0.39, 0.29) is 18.2 Å². The van der Waals surface area contributed by atoms with Crippen molar-refractivity contribution in [1.82, 2.24) is 5.32 Å². The normalized spacial score (nSPS) is 12.6. The summed E-state index contributed by atoms with van der Waals surface area (Å²) >= 11 is 11.7. The van der Waals surface area contributed by atoms with Gasteiger partial charge in [-0.1, -0.05) is 30.1 Å². The Hall–Kier alpha value is -1.26. The largest absolute Gasteiger partial charge is 0.444 e. The van der Waals surface area contributed by atoms with Gasteiger partial charge in [0.15, 0.2) is 5.78 Å². The van der Waals surface area contributed by atoms with Gasteiger partial charge < -0.3 is 10.1 Å². The van der Waals surface area contributed by atoms with E-state index < -0.39 is 11.7 Å². The number of benzene rings is 1. The van der Waals surface area contributed by atoms with Crippen LogP contribution in [0.4, 0.5) is 4.79 Å². The number of ether oxygens (including phenoxy) is 1. The van der Waals surface area contributed by atoms with Crippen molar-refractivity contribution < 1.29 is 14.3 Å². The van der Waals surface area contributed by atoms with Crippen molar-refractivity contribution in [3.05, 3.63) is 33.8 Å². The van der Waals surface area contributed by atoms with Crippen molar-refractivity contribution in [2.45, 2.75) is 52.2 Å². The molecular formula is C16H21Cl2NO3. The Morgan fingerprint density at radius 1 is 1.23 bits per heavy atom. The first-order chi connectivity index (χ1) is 10.1. The molecule has 1 rings (SSSR count). The number of rotatable bonds is 5. The molecule has 1 aromatic rings. The SMILES string of the molecule is CCC(CC(=O)c1ccc(Cl)c(Cl)c1)NC(=O)OC(C)(C)C. The first-order valence-corrected chi connectivity index (χ1v) is 7.85. The van der Waals surface area contributed by atoms with Crippen LogP contribution in [0.25, 0.3) is 0 Å². The third-order valence-electron chi connectivity index (χ3n) is 2.89. The van der Waals surface area contributed by atoms with E-state index in [1.54, 1.807) is 32.9 Å². The Kier molecular flexibility index (Phi) is 6.69. The molecule has 0 radical (unpaired) electrons. The number of carbonyl (C=O) groups is 2. The maximum atomic E-state index is 12.3. The molecule has 6 heteroatoms. The lowest BCUT2D eigenvalue weighted by atomic mass is 10.0. The molecule has 0 heterocycles. The molecular weight excluding hydrogens is 325 g/mol. The molecule has 22 heavy (non-hydrogen) atoms. The van der Waals surface area contributed by atoms with Crippen molar-refractivity contribution in [2.24, 2.45) is 0 Å². The summed E-state index contributed by atoms with van der Waals surface area (Å²) in [7, 11) is 0. The smallest absolute Gasteiger partial charge is 0.407 e. The van der Waals surface area contributed by atoms with E-state index in [4.69, 9.17) is 27.9 Å². The van der Waals surface area contributed by atoms with E-state index in [9.17, 15) is 9.59 Å². The van der Waals surface area contributed by atoms with Gasteiger partial charge in [-0.3, -0.25) is 4.79 Å². The van der Waals surface area contributed by atoms with Crippen LogP contribution in [0.5, 0.6) is 0 Å². The van der Waals surface area contributed by atoms with Crippen LogP contribution < -0.4 is 5.32 Å². The summed E-state index contributed by atoms with van der Waals surface area (Å²) in [5.41, 5.74) is -0.102. The fraction of sp³-hybridized carbons (Fsp3) is 0.500. The van der Waals surface area contributed by atoms with Gasteiger partial charge >= 0.3 is 6.09 Å². The minimum atomic E-state index is -0.573. The lowest BCUT2D eigenvalue weighted by Crippen LogP contribution is -2.39. The summed E-state index contributed by atoms with van der Waals surface area (Å²) in [5, 5.41) is 3.44. The van der Waals surface area contributed by atoms with Gasteiger partial charge in [0.05, 0.1) is 10.0 Å². The number of carbonyl (C=O) groups excluding carboxylic acids is 2. The second-order valence-corrected chi connectivity index (χ2v) is 6.82. The zero-order chi connectivity index (χ0) is 16.9. The highest BCUT2D eigenvalue weighted by atomic mass is 35.5. The molecule has 1 atom stereocenters. The van der Waals surface area contributed by atoms with Crippen LogP contribution in [0.15, 0.2) is 18.2 Å². The molecule has 0 aromatic heterocycles. The molecule has 0 aliphatic heterocycles. The quantitative estimate of drug-likeness (QED) is 0.774. The summed E-state index contributed by atoms with van der Waals surface area (Å²) in [5.74, 6) is -0.110. The van der Waals surface area contributed by atoms with Gasteiger partial charge in [-0.25, -0.2) is 4.79 Å². The maximum absolute atomic E-state index is 12.3. The minimum absolute atomic E-state index is 0.110. The topological polar surface area (TPSA) is 55.4 Å². The zero-order valence-corrected chi connectivity index (χ0v) is 14.7. The summed E-state index contributed by atoms with van der Waals surface area (Å²) in [6.07, 6.45) is 0.265. The molecule has 0 saturated carbocycles. The number of halogens is 2. The number of alkyl carbamates (subject to hydrolysis) is 1. The molecule has 4 nitrogen and oxygen atoms in total. The predicted octanol–water partition coefficient (Wildman–Crippen LogP) is 4.87. The Labute approximate surface area is 141 Å². The van der Waals surface area contributed by atoms with E-state index >= 15 is 0 Å². The van der Waals surface area contributed by atoms with Crippen molar-refractivity contribution in [3.8, 4) is 0 Å². The third kappa shape index (κ3) is 6.24. The van der Waals surface area contributed by atoms with E-state index in [0.717, 1.165) is 0 Å². The van der Waals surface area contributed by atoms with E-state index in [1.165, 1.54) is 6.07 Å². The molecule has 0 fully saturated rings. The molecule has 0 saturated heterocycles. The van der Waals surface area contributed by atoms with Crippen LogP contribution in [0.2, 0.25) is 10.0 Å². The average Bonchev–Trinajstić information content (AvgIpc) is 2.38. The molecule has 1 aromatic carbocycles. The van der Waals surface area contributed by atoms with E-state index in [1.807, 2.05) is 6.92 Å². The summed E-state index contributed by atoms with van der Waals surface area (Å²) in [6.45, 7) is 7.25. The van der Waals surface area contributed by atoms with Gasteiger partial charge in [-0.15, -0.1) is 0 Å². The Morgan fingerprint density at radius 3 is 2.36 bits per heavy atom. The monoisotopic (exact) mass is 345 g/mol. The molecule has 122 valence electrons. The summed E-state index contributed by atoms with van der Waals surface area (Å²) in [4.78, 5) is 24.0. The molecule has 1 N–H and O–H groups in total. The van der Waals surface area contributed by atoms with Gasteiger partial charge in [-0.2, -0.15) is 0 Å². The van der Waals surface area contributed by atoms with Crippen molar-refractivity contribution in [1.29, 1.82) is 0 Å². The number of Topliss-reactive ketones (excluding diaryl/α,β-unsaturated/α-hetero) is 1. The third-order valence-corrected chi connectivity index (χ3v) is 3.63. The fourth-order valence-corrected chi connectivity index (χ4v) is 2.08. The van der Waals surface area contributed by atoms with E-state index in [2.05, 4.69) is 5.32 Å². The van der Waals surface area contributed by atoms with Gasteiger partial charge in [0.25, 0.3) is 0 Å². The van der Waals surface area contributed by atoms with E-state index in [0.29, 0.717) is 22.0 Å². The lowest BCUT2D eigenvalue weighted by Gasteiger charge is -2.22. The Balaban J connectivity index is 2.67. The first-order valence-electron chi connectivity index (χ1n) is 7.10. The zero-order valence-electron chi connectivity index (χ0n) is 13.2. The highest BCUT2D eigenvalue weighted by Gasteiger charge is 2.21. The molecule has 1 unspecified atom stereocenters. The number of ketones is 1. The number of nitrogens with one attached hydrogen (secondary N) is 1. The van der Waals surface area contributed by atoms with Crippen LogP contribution in [0.1, 0.15) is 50.9 Å². The summed E-state index contributed by atoms with van der Waals surface area (Å²) < 4.78 is 5.19. The number of hydrogen-bond acceptors (Lipinski definition) is 3. The van der Waals surface area contributed by atoms with Gasteiger partial charge in [0.2, 0.25) is 0 Å². The fourth-order valence-electron chi connectivity index (χ4n) is 1.78. The van der Waals surface area contributed by atoms with Gasteiger partial charge in [0, 0.05) is 18.0 Å². The van der Waals surface area contributed by atoms with Gasteiger partial charge in [0.1, 0.15) is 5.60 Å². The standard InChI is InChI=1S/C16H21Cl2NO3/c1-5-11(19-15(21)22-16(2,3)4)9-14(20)10-6-7-12(17)13(18)8-10/h6-8,11H,5,9H2,1-4H3,(H,19,21).